The largest absolute Gasteiger partial charge is 0.477 e. The monoisotopic (exact) mass is 537 g/mol. The third-order valence-electron chi connectivity index (χ3n) is 5.51. The number of nitrogens with one attached hydrogen (secondary N) is 3. The molecule has 0 bridgehead atoms. The van der Waals surface area contributed by atoms with Gasteiger partial charge >= 0.3 is 5.97 Å². The van der Waals surface area contributed by atoms with Gasteiger partial charge < -0.3 is 20.7 Å². The Morgan fingerprint density at radius 3 is 2.54 bits per heavy atom. The Bertz CT molecular complexity index is 1490. The number of carbonyl (C=O) groups excluding carboxylic acids is 1. The van der Waals surface area contributed by atoms with E-state index in [0.29, 0.717) is 27.8 Å². The van der Waals surface area contributed by atoms with Gasteiger partial charge in [0, 0.05) is 35.6 Å². The fraction of sp³-hybridized carbons (Fsp3) is 0.115. The van der Waals surface area contributed by atoms with Gasteiger partial charge in [0.1, 0.15) is 11.4 Å². The highest BCUT2D eigenvalue weighted by molar-refractivity contribution is 9.10. The van der Waals surface area contributed by atoms with Crippen molar-refractivity contribution in [1.29, 1.82) is 0 Å². The number of fused-ring (bicyclic) bond motifs is 1. The molecular weight excluding hydrogens is 517 g/mol. The Labute approximate surface area is 208 Å². The van der Waals surface area contributed by atoms with Crippen LogP contribution in [-0.4, -0.2) is 34.6 Å². The van der Waals surface area contributed by atoms with Crippen molar-refractivity contribution < 1.29 is 19.1 Å². The fourth-order valence-electron chi connectivity index (χ4n) is 3.69. The summed E-state index contributed by atoms with van der Waals surface area (Å²) in [7, 11) is 0. The number of pyridine rings is 1. The fourth-order valence-corrected chi connectivity index (χ4v) is 4.36. The smallest absolute Gasteiger partial charge is 0.341 e. The lowest BCUT2D eigenvalue weighted by Crippen LogP contribution is -2.37. The summed E-state index contributed by atoms with van der Waals surface area (Å²) in [6.45, 7) is 2.08. The zero-order valence-electron chi connectivity index (χ0n) is 18.6. The maximum atomic E-state index is 14.6. The van der Waals surface area contributed by atoms with E-state index in [2.05, 4.69) is 31.5 Å². The molecule has 7 nitrogen and oxygen atoms in total. The van der Waals surface area contributed by atoms with Gasteiger partial charge in [-0.25, -0.2) is 9.18 Å². The predicted molar refractivity (Wildman–Crippen MR) is 136 cm³/mol. The van der Waals surface area contributed by atoms with Crippen LogP contribution >= 0.6 is 15.9 Å². The molecule has 0 saturated carbocycles. The van der Waals surface area contributed by atoms with Crippen molar-refractivity contribution in [1.82, 2.24) is 10.3 Å². The van der Waals surface area contributed by atoms with Crippen molar-refractivity contribution >= 4 is 44.4 Å². The molecule has 9 heteroatoms. The average molecular weight is 538 g/mol. The van der Waals surface area contributed by atoms with E-state index in [4.69, 9.17) is 0 Å². The summed E-state index contributed by atoms with van der Waals surface area (Å²) in [5, 5.41) is 15.4. The zero-order chi connectivity index (χ0) is 25.1. The van der Waals surface area contributed by atoms with Crippen molar-refractivity contribution in [3.63, 3.8) is 0 Å². The molecule has 178 valence electrons. The molecular formula is C26H21BrFN3O4. The molecule has 0 saturated heterocycles. The minimum Gasteiger partial charge on any atom is -0.477 e. The third-order valence-corrected chi connectivity index (χ3v) is 6.33. The Hall–Kier alpha value is -3.98. The molecule has 0 unspecified atom stereocenters. The van der Waals surface area contributed by atoms with Crippen LogP contribution in [0.4, 0.5) is 10.1 Å². The molecule has 1 atom stereocenters. The van der Waals surface area contributed by atoms with Gasteiger partial charge in [0.15, 0.2) is 0 Å². The second-order valence-corrected chi connectivity index (χ2v) is 8.80. The highest BCUT2D eigenvalue weighted by atomic mass is 79.9. The highest BCUT2D eigenvalue weighted by Crippen LogP contribution is 2.29. The highest BCUT2D eigenvalue weighted by Gasteiger charge is 2.17. The number of rotatable bonds is 7. The van der Waals surface area contributed by atoms with Crippen LogP contribution in [-0.2, 0) is 0 Å². The van der Waals surface area contributed by atoms with Crippen LogP contribution in [0.2, 0.25) is 0 Å². The molecule has 0 radical (unpaired) electrons. The average Bonchev–Trinajstić information content (AvgIpc) is 2.84. The van der Waals surface area contributed by atoms with Crippen LogP contribution in [0.15, 0.2) is 76.1 Å². The standard InChI is InChI=1S/C26H21BrFN3O4/c1-14(31-25(33)16-7-8-17(19(28)11-16)15-5-3-2-4-6-15)12-29-21-10-9-20-22(23(21)27)24(32)18(13-30-20)26(34)35/h2-11,13-14,29H,12H2,1H3,(H,30,32)(H,31,33)(H,34,35)/t14-/m0/s1. The first kappa shape index (κ1) is 24.2. The quantitative estimate of drug-likeness (QED) is 0.264. The van der Waals surface area contributed by atoms with E-state index < -0.39 is 23.1 Å². The van der Waals surface area contributed by atoms with Gasteiger partial charge in [-0.1, -0.05) is 36.4 Å². The number of hydrogen-bond acceptors (Lipinski definition) is 4. The maximum Gasteiger partial charge on any atom is 0.341 e. The van der Waals surface area contributed by atoms with E-state index in [0.717, 1.165) is 5.56 Å². The normalized spacial score (nSPS) is 11.7. The van der Waals surface area contributed by atoms with Gasteiger partial charge in [-0.3, -0.25) is 9.59 Å². The molecule has 0 aliphatic rings. The predicted octanol–water partition coefficient (Wildman–Crippen LogP) is 5.03. The first-order chi connectivity index (χ1) is 16.8. The van der Waals surface area contributed by atoms with Crippen LogP contribution in [0.25, 0.3) is 22.0 Å². The minimum absolute atomic E-state index is 0.202. The topological polar surface area (TPSA) is 111 Å². The summed E-state index contributed by atoms with van der Waals surface area (Å²) in [5.74, 6) is -2.22. The number of aromatic amines is 1. The number of hydrogen-bond donors (Lipinski definition) is 4. The number of carboxylic acids is 1. The number of amides is 1. The number of carbonyl (C=O) groups is 2. The number of H-pyrrole nitrogens is 1. The van der Waals surface area contributed by atoms with Crippen LogP contribution in [0.5, 0.6) is 0 Å². The second-order valence-electron chi connectivity index (χ2n) is 8.00. The van der Waals surface area contributed by atoms with Crippen LogP contribution in [0, 0.1) is 5.82 Å². The summed E-state index contributed by atoms with van der Waals surface area (Å²) in [6, 6.07) is 16.5. The molecule has 4 N–H and O–H groups in total. The van der Waals surface area contributed by atoms with Crippen LogP contribution < -0.4 is 16.1 Å². The van der Waals surface area contributed by atoms with Gasteiger partial charge in [0.05, 0.1) is 15.4 Å². The van der Waals surface area contributed by atoms with Crippen molar-refractivity contribution in [2.24, 2.45) is 0 Å². The van der Waals surface area contributed by atoms with Gasteiger partial charge in [0.2, 0.25) is 5.43 Å². The van der Waals surface area contributed by atoms with Crippen molar-refractivity contribution in [2.75, 3.05) is 11.9 Å². The first-order valence-electron chi connectivity index (χ1n) is 10.7. The summed E-state index contributed by atoms with van der Waals surface area (Å²) in [4.78, 5) is 39.3. The molecule has 3 aromatic carbocycles. The van der Waals surface area contributed by atoms with Gasteiger partial charge in [-0.05, 0) is 52.7 Å². The lowest BCUT2D eigenvalue weighted by Gasteiger charge is -2.17. The molecule has 1 heterocycles. The summed E-state index contributed by atoms with van der Waals surface area (Å²) >= 11 is 3.38. The van der Waals surface area contributed by atoms with E-state index in [1.165, 1.54) is 12.3 Å². The minimum atomic E-state index is -1.32. The molecule has 0 aliphatic carbocycles. The van der Waals surface area contributed by atoms with Gasteiger partial charge in [-0.15, -0.1) is 0 Å². The Balaban J connectivity index is 1.45. The van der Waals surface area contributed by atoms with Crippen LogP contribution in [0.1, 0.15) is 27.6 Å². The maximum absolute atomic E-state index is 14.6. The van der Waals surface area contributed by atoms with Crippen molar-refractivity contribution in [3.8, 4) is 11.1 Å². The Kier molecular flexibility index (Phi) is 6.97. The first-order valence-corrected chi connectivity index (χ1v) is 11.5. The van der Waals surface area contributed by atoms with E-state index in [9.17, 15) is 23.9 Å². The molecule has 0 fully saturated rings. The van der Waals surface area contributed by atoms with E-state index in [1.54, 1.807) is 43.3 Å². The SMILES string of the molecule is C[C@@H](CNc1ccc2[nH]cc(C(=O)O)c(=O)c2c1Br)NC(=O)c1ccc(-c2ccccc2)c(F)c1. The summed E-state index contributed by atoms with van der Waals surface area (Å²) in [6.07, 6.45) is 1.17. The molecule has 1 aromatic heterocycles. The lowest BCUT2D eigenvalue weighted by molar-refractivity contribution is 0.0695. The van der Waals surface area contributed by atoms with Crippen molar-refractivity contribution in [3.05, 3.63) is 98.5 Å². The molecule has 35 heavy (non-hydrogen) atoms. The van der Waals surface area contributed by atoms with Gasteiger partial charge in [-0.2, -0.15) is 0 Å². The number of benzene rings is 3. The van der Waals surface area contributed by atoms with E-state index >= 15 is 0 Å². The van der Waals surface area contributed by atoms with E-state index in [-0.39, 0.29) is 22.6 Å². The number of aromatic nitrogens is 1. The van der Waals surface area contributed by atoms with Gasteiger partial charge in [0.25, 0.3) is 5.91 Å². The van der Waals surface area contributed by atoms with Crippen molar-refractivity contribution in [2.45, 2.75) is 13.0 Å². The van der Waals surface area contributed by atoms with Crippen LogP contribution in [0.3, 0.4) is 0 Å². The number of halogens is 2. The molecule has 4 aromatic rings. The molecule has 1 amide bonds. The van der Waals surface area contributed by atoms with E-state index in [1.807, 2.05) is 18.2 Å². The molecule has 4 rings (SSSR count). The zero-order valence-corrected chi connectivity index (χ0v) is 20.1. The summed E-state index contributed by atoms with van der Waals surface area (Å²) in [5.41, 5.74) is 1.42. The number of carboxylic acid groups (broad SMARTS) is 1. The molecule has 0 aliphatic heterocycles. The Morgan fingerprint density at radius 1 is 1.11 bits per heavy atom. The Morgan fingerprint density at radius 2 is 1.86 bits per heavy atom. The lowest BCUT2D eigenvalue weighted by atomic mass is 10.0. The number of anilines is 1. The number of aromatic carboxylic acids is 1. The molecule has 0 spiro atoms. The third kappa shape index (κ3) is 5.09. The second kappa shape index (κ2) is 10.1. The summed E-state index contributed by atoms with van der Waals surface area (Å²) < 4.78 is 15.0.